The largest absolute Gasteiger partial charge is 0.358 e. The van der Waals surface area contributed by atoms with Gasteiger partial charge in [0, 0.05) is 29.7 Å². The van der Waals surface area contributed by atoms with Crippen LogP contribution in [0.5, 0.6) is 0 Å². The predicted octanol–water partition coefficient (Wildman–Crippen LogP) is 3.45. The molecule has 0 saturated heterocycles. The van der Waals surface area contributed by atoms with Gasteiger partial charge in [0.25, 0.3) is 5.91 Å². The molecule has 0 saturated carbocycles. The maximum Gasteiger partial charge on any atom is 0.251 e. The molecule has 2 aromatic carbocycles. The Balaban J connectivity index is 1.61. The van der Waals surface area contributed by atoms with E-state index >= 15 is 0 Å². The average Bonchev–Trinajstić information content (AvgIpc) is 2.90. The number of nitrogens with one attached hydrogen (secondary N) is 2. The van der Waals surface area contributed by atoms with Gasteiger partial charge in [-0.3, -0.25) is 4.79 Å². The van der Waals surface area contributed by atoms with Crippen LogP contribution in [0.1, 0.15) is 21.6 Å². The lowest BCUT2D eigenvalue weighted by molar-refractivity contribution is 0.0953. The highest BCUT2D eigenvalue weighted by molar-refractivity contribution is 5.95. The van der Waals surface area contributed by atoms with Crippen LogP contribution in [-0.4, -0.2) is 17.4 Å². The molecule has 0 aliphatic heterocycles. The number of amides is 1. The molecule has 3 nitrogen and oxygen atoms in total. The molecule has 0 atom stereocenters. The van der Waals surface area contributed by atoms with Crippen LogP contribution < -0.4 is 5.32 Å². The molecular weight excluding hydrogens is 260 g/mol. The zero-order valence-electron chi connectivity index (χ0n) is 12.0. The highest BCUT2D eigenvalue weighted by Crippen LogP contribution is 2.14. The van der Waals surface area contributed by atoms with E-state index in [9.17, 15) is 4.79 Å². The number of carbonyl (C=O) groups excluding carboxylic acids is 1. The number of hydrogen-bond donors (Lipinski definition) is 2. The van der Waals surface area contributed by atoms with Gasteiger partial charge < -0.3 is 10.3 Å². The van der Waals surface area contributed by atoms with E-state index in [1.54, 1.807) is 0 Å². The third-order valence-corrected chi connectivity index (χ3v) is 3.66. The van der Waals surface area contributed by atoms with Gasteiger partial charge in [-0.25, -0.2) is 0 Å². The zero-order chi connectivity index (χ0) is 14.7. The molecule has 0 aliphatic carbocycles. The van der Waals surface area contributed by atoms with E-state index in [0.717, 1.165) is 28.8 Å². The van der Waals surface area contributed by atoms with Crippen LogP contribution in [0.25, 0.3) is 10.9 Å². The Hall–Kier alpha value is -2.55. The summed E-state index contributed by atoms with van der Waals surface area (Å²) >= 11 is 0. The summed E-state index contributed by atoms with van der Waals surface area (Å²) in [6, 6.07) is 18.0. The van der Waals surface area contributed by atoms with Crippen molar-refractivity contribution in [1.82, 2.24) is 10.3 Å². The van der Waals surface area contributed by atoms with Crippen molar-refractivity contribution in [3.8, 4) is 0 Å². The molecule has 0 spiro atoms. The minimum atomic E-state index is -0.00999. The van der Waals surface area contributed by atoms with Gasteiger partial charge in [-0.2, -0.15) is 0 Å². The first-order valence-electron chi connectivity index (χ1n) is 7.14. The maximum atomic E-state index is 12.1. The summed E-state index contributed by atoms with van der Waals surface area (Å²) in [5.74, 6) is -0.00999. The Bertz CT molecular complexity index is 740. The smallest absolute Gasteiger partial charge is 0.251 e. The van der Waals surface area contributed by atoms with Gasteiger partial charge in [-0.05, 0) is 36.1 Å². The van der Waals surface area contributed by atoms with Crippen molar-refractivity contribution in [1.29, 1.82) is 0 Å². The Morgan fingerprint density at radius 1 is 1.10 bits per heavy atom. The topological polar surface area (TPSA) is 44.9 Å². The lowest BCUT2D eigenvalue weighted by Gasteiger charge is -2.06. The molecule has 1 heterocycles. The van der Waals surface area contributed by atoms with Gasteiger partial charge in [0.2, 0.25) is 0 Å². The van der Waals surface area contributed by atoms with E-state index < -0.39 is 0 Å². The lowest BCUT2D eigenvalue weighted by atomic mass is 10.1. The fourth-order valence-corrected chi connectivity index (χ4v) is 2.50. The fourth-order valence-electron chi connectivity index (χ4n) is 2.50. The number of hydrogen-bond acceptors (Lipinski definition) is 1. The first-order valence-corrected chi connectivity index (χ1v) is 7.14. The van der Waals surface area contributed by atoms with Crippen molar-refractivity contribution in [2.24, 2.45) is 0 Å². The Labute approximate surface area is 124 Å². The summed E-state index contributed by atoms with van der Waals surface area (Å²) < 4.78 is 0. The number of aromatic nitrogens is 1. The Morgan fingerprint density at radius 2 is 1.86 bits per heavy atom. The second-order valence-electron chi connectivity index (χ2n) is 5.20. The number of fused-ring (bicyclic) bond motifs is 1. The zero-order valence-corrected chi connectivity index (χ0v) is 12.0. The maximum absolute atomic E-state index is 12.1. The quantitative estimate of drug-likeness (QED) is 0.754. The number of H-pyrrole nitrogens is 1. The second kappa shape index (κ2) is 5.83. The molecule has 1 aromatic heterocycles. The van der Waals surface area contributed by atoms with Gasteiger partial charge in [0.05, 0.1) is 0 Å². The van der Waals surface area contributed by atoms with Crippen molar-refractivity contribution >= 4 is 16.8 Å². The second-order valence-corrected chi connectivity index (χ2v) is 5.20. The molecule has 3 aromatic rings. The van der Waals surface area contributed by atoms with Gasteiger partial charge in [-0.15, -0.1) is 0 Å². The lowest BCUT2D eigenvalue weighted by Crippen LogP contribution is -2.26. The van der Waals surface area contributed by atoms with Crippen LogP contribution in [0.4, 0.5) is 0 Å². The SMILES string of the molecule is Cc1ccccc1C(=O)NCCc1cc2ccccc2[nH]1. The van der Waals surface area contributed by atoms with Crippen LogP contribution in [-0.2, 0) is 6.42 Å². The number of aryl methyl sites for hydroxylation is 1. The molecular formula is C18H18N2O. The molecule has 0 unspecified atom stereocenters. The van der Waals surface area contributed by atoms with Gasteiger partial charge in [-0.1, -0.05) is 36.4 Å². The summed E-state index contributed by atoms with van der Waals surface area (Å²) in [6.45, 7) is 2.58. The van der Waals surface area contributed by atoms with Crippen molar-refractivity contribution in [2.75, 3.05) is 6.54 Å². The molecule has 3 heteroatoms. The number of benzene rings is 2. The Morgan fingerprint density at radius 3 is 2.67 bits per heavy atom. The van der Waals surface area contributed by atoms with Gasteiger partial charge >= 0.3 is 0 Å². The van der Waals surface area contributed by atoms with E-state index in [4.69, 9.17) is 0 Å². The van der Waals surface area contributed by atoms with Crippen LogP contribution in [0.3, 0.4) is 0 Å². The van der Waals surface area contributed by atoms with Gasteiger partial charge in [0.15, 0.2) is 0 Å². The van der Waals surface area contributed by atoms with Crippen LogP contribution in [0, 0.1) is 6.92 Å². The number of rotatable bonds is 4. The van der Waals surface area contributed by atoms with Crippen LogP contribution in [0.15, 0.2) is 54.6 Å². The van der Waals surface area contributed by atoms with E-state index in [-0.39, 0.29) is 5.91 Å². The van der Waals surface area contributed by atoms with Gasteiger partial charge in [0.1, 0.15) is 0 Å². The van der Waals surface area contributed by atoms with E-state index in [1.165, 1.54) is 5.39 Å². The van der Waals surface area contributed by atoms with Crippen molar-refractivity contribution in [3.05, 3.63) is 71.4 Å². The van der Waals surface area contributed by atoms with Crippen molar-refractivity contribution in [3.63, 3.8) is 0 Å². The monoisotopic (exact) mass is 278 g/mol. The van der Waals surface area contributed by atoms with E-state index in [0.29, 0.717) is 6.54 Å². The van der Waals surface area contributed by atoms with E-state index in [1.807, 2.05) is 43.3 Å². The first-order chi connectivity index (χ1) is 10.2. The molecule has 0 aliphatic rings. The minimum Gasteiger partial charge on any atom is -0.358 e. The molecule has 2 N–H and O–H groups in total. The van der Waals surface area contributed by atoms with Crippen LogP contribution >= 0.6 is 0 Å². The molecule has 21 heavy (non-hydrogen) atoms. The fraction of sp³-hybridized carbons (Fsp3) is 0.167. The molecule has 1 amide bonds. The normalized spacial score (nSPS) is 10.7. The summed E-state index contributed by atoms with van der Waals surface area (Å²) in [5.41, 5.74) is 4.02. The van der Waals surface area contributed by atoms with Crippen molar-refractivity contribution < 1.29 is 4.79 Å². The molecule has 0 fully saturated rings. The molecule has 0 radical (unpaired) electrons. The first kappa shape index (κ1) is 13.4. The molecule has 0 bridgehead atoms. The summed E-state index contributed by atoms with van der Waals surface area (Å²) in [5, 5.41) is 4.18. The summed E-state index contributed by atoms with van der Waals surface area (Å²) in [7, 11) is 0. The number of carbonyl (C=O) groups is 1. The minimum absolute atomic E-state index is 0.00999. The summed E-state index contributed by atoms with van der Waals surface area (Å²) in [4.78, 5) is 15.5. The standard InChI is InChI=1S/C18H18N2O/c1-13-6-2-4-8-16(13)18(21)19-11-10-15-12-14-7-3-5-9-17(14)20-15/h2-9,12,20H,10-11H2,1H3,(H,19,21). The highest BCUT2D eigenvalue weighted by atomic mass is 16.1. The average molecular weight is 278 g/mol. The Kier molecular flexibility index (Phi) is 3.73. The number of para-hydroxylation sites is 1. The highest BCUT2D eigenvalue weighted by Gasteiger charge is 2.07. The van der Waals surface area contributed by atoms with E-state index in [2.05, 4.69) is 28.5 Å². The third kappa shape index (κ3) is 2.97. The van der Waals surface area contributed by atoms with Crippen LogP contribution in [0.2, 0.25) is 0 Å². The third-order valence-electron chi connectivity index (χ3n) is 3.66. The summed E-state index contributed by atoms with van der Waals surface area (Å²) in [6.07, 6.45) is 0.798. The van der Waals surface area contributed by atoms with Crippen molar-refractivity contribution in [2.45, 2.75) is 13.3 Å². The predicted molar refractivity (Wildman–Crippen MR) is 85.5 cm³/mol. The number of aromatic amines is 1. The molecule has 106 valence electrons. The molecule has 3 rings (SSSR count).